The highest BCUT2D eigenvalue weighted by molar-refractivity contribution is 4.78. The van der Waals surface area contributed by atoms with Crippen molar-refractivity contribution >= 4 is 0 Å². The first-order valence-electron chi connectivity index (χ1n) is 7.61. The summed E-state index contributed by atoms with van der Waals surface area (Å²) in [7, 11) is 0. The van der Waals surface area contributed by atoms with Crippen LogP contribution in [0.4, 0.5) is 0 Å². The third kappa shape index (κ3) is 6.42. The first-order valence-corrected chi connectivity index (χ1v) is 7.61. The minimum Gasteiger partial charge on any atom is -0.378 e. The lowest BCUT2D eigenvalue weighted by atomic mass is 9.92. The zero-order valence-corrected chi connectivity index (χ0v) is 12.0. The Morgan fingerprint density at radius 3 is 2.76 bits per heavy atom. The summed E-state index contributed by atoms with van der Waals surface area (Å²) in [6.45, 7) is 8.90. The standard InChI is InChI=1S/C15H31NO/c1-4-7-13(3)12-17-15-9-6-8-14(11-15)16-10-5-2/h13-16H,4-12H2,1-3H3. The highest BCUT2D eigenvalue weighted by atomic mass is 16.5. The van der Waals surface area contributed by atoms with E-state index in [0.29, 0.717) is 12.1 Å². The van der Waals surface area contributed by atoms with Crippen LogP contribution in [-0.2, 0) is 4.74 Å². The summed E-state index contributed by atoms with van der Waals surface area (Å²) in [5.41, 5.74) is 0. The molecule has 17 heavy (non-hydrogen) atoms. The maximum Gasteiger partial charge on any atom is 0.0590 e. The lowest BCUT2D eigenvalue weighted by molar-refractivity contribution is 0.00193. The lowest BCUT2D eigenvalue weighted by Crippen LogP contribution is -2.37. The molecule has 0 aromatic heterocycles. The Hall–Kier alpha value is -0.0800. The molecule has 2 nitrogen and oxygen atoms in total. The highest BCUT2D eigenvalue weighted by Gasteiger charge is 2.22. The summed E-state index contributed by atoms with van der Waals surface area (Å²) in [5.74, 6) is 0.726. The largest absolute Gasteiger partial charge is 0.378 e. The molecule has 0 aromatic carbocycles. The number of nitrogens with one attached hydrogen (secondary N) is 1. The number of ether oxygens (including phenoxy) is 1. The second-order valence-electron chi connectivity index (χ2n) is 5.67. The fourth-order valence-electron chi connectivity index (χ4n) is 2.71. The van der Waals surface area contributed by atoms with Crippen LogP contribution < -0.4 is 5.32 Å². The Bertz CT molecular complexity index is 184. The van der Waals surface area contributed by atoms with Gasteiger partial charge in [-0.3, -0.25) is 0 Å². The van der Waals surface area contributed by atoms with Gasteiger partial charge in [0.15, 0.2) is 0 Å². The molecule has 3 atom stereocenters. The van der Waals surface area contributed by atoms with Crippen LogP contribution in [0, 0.1) is 5.92 Å². The Morgan fingerprint density at radius 1 is 1.24 bits per heavy atom. The van der Waals surface area contributed by atoms with Gasteiger partial charge in [0.2, 0.25) is 0 Å². The molecule has 0 aliphatic heterocycles. The van der Waals surface area contributed by atoms with Gasteiger partial charge in [-0.25, -0.2) is 0 Å². The van der Waals surface area contributed by atoms with Crippen LogP contribution >= 0.6 is 0 Å². The van der Waals surface area contributed by atoms with Crippen molar-refractivity contribution in [2.75, 3.05) is 13.2 Å². The molecule has 0 bridgehead atoms. The van der Waals surface area contributed by atoms with Crippen LogP contribution in [0.15, 0.2) is 0 Å². The van der Waals surface area contributed by atoms with Crippen molar-refractivity contribution in [1.82, 2.24) is 5.32 Å². The minimum atomic E-state index is 0.511. The summed E-state index contributed by atoms with van der Waals surface area (Å²) < 4.78 is 6.07. The van der Waals surface area contributed by atoms with Crippen molar-refractivity contribution in [2.24, 2.45) is 5.92 Å². The molecule has 0 heterocycles. The van der Waals surface area contributed by atoms with Gasteiger partial charge < -0.3 is 10.1 Å². The van der Waals surface area contributed by atoms with Crippen molar-refractivity contribution in [3.8, 4) is 0 Å². The molecular formula is C15H31NO. The smallest absolute Gasteiger partial charge is 0.0590 e. The number of hydrogen-bond acceptors (Lipinski definition) is 2. The van der Waals surface area contributed by atoms with Gasteiger partial charge in [-0.15, -0.1) is 0 Å². The van der Waals surface area contributed by atoms with Gasteiger partial charge in [-0.05, 0) is 51.0 Å². The monoisotopic (exact) mass is 241 g/mol. The van der Waals surface area contributed by atoms with Crippen LogP contribution in [0.1, 0.15) is 65.7 Å². The molecule has 0 spiro atoms. The summed E-state index contributed by atoms with van der Waals surface area (Å²) in [6, 6.07) is 0.704. The van der Waals surface area contributed by atoms with Crippen molar-refractivity contribution < 1.29 is 4.74 Å². The average Bonchev–Trinajstić information content (AvgIpc) is 2.35. The molecular weight excluding hydrogens is 210 g/mol. The van der Waals surface area contributed by atoms with Gasteiger partial charge in [-0.2, -0.15) is 0 Å². The molecule has 1 aliphatic carbocycles. The molecule has 0 radical (unpaired) electrons. The Labute approximate surface area is 108 Å². The Morgan fingerprint density at radius 2 is 2.06 bits per heavy atom. The minimum absolute atomic E-state index is 0.511. The molecule has 1 rings (SSSR count). The lowest BCUT2D eigenvalue weighted by Gasteiger charge is -2.30. The summed E-state index contributed by atoms with van der Waals surface area (Å²) >= 11 is 0. The van der Waals surface area contributed by atoms with Crippen LogP contribution in [0.25, 0.3) is 0 Å². The SMILES string of the molecule is CCCNC1CCCC(OCC(C)CCC)C1. The van der Waals surface area contributed by atoms with E-state index in [2.05, 4.69) is 26.1 Å². The summed E-state index contributed by atoms with van der Waals surface area (Å²) in [5, 5.41) is 3.63. The van der Waals surface area contributed by atoms with E-state index in [9.17, 15) is 0 Å². The molecule has 0 aromatic rings. The first-order chi connectivity index (χ1) is 8.26. The molecule has 3 unspecified atom stereocenters. The fourth-order valence-corrected chi connectivity index (χ4v) is 2.71. The summed E-state index contributed by atoms with van der Waals surface area (Å²) in [4.78, 5) is 0. The van der Waals surface area contributed by atoms with Crippen LogP contribution in [-0.4, -0.2) is 25.3 Å². The van der Waals surface area contributed by atoms with E-state index >= 15 is 0 Å². The Balaban J connectivity index is 2.15. The van der Waals surface area contributed by atoms with Gasteiger partial charge >= 0.3 is 0 Å². The molecule has 102 valence electrons. The zero-order chi connectivity index (χ0) is 12.5. The number of rotatable bonds is 8. The topological polar surface area (TPSA) is 21.3 Å². The highest BCUT2D eigenvalue weighted by Crippen LogP contribution is 2.22. The first kappa shape index (κ1) is 15.0. The molecule has 1 saturated carbocycles. The third-order valence-electron chi connectivity index (χ3n) is 3.71. The molecule has 0 amide bonds. The van der Waals surface area contributed by atoms with Gasteiger partial charge in [0.1, 0.15) is 0 Å². The molecule has 2 heteroatoms. The second-order valence-corrected chi connectivity index (χ2v) is 5.67. The molecule has 1 N–H and O–H groups in total. The van der Waals surface area contributed by atoms with Crippen LogP contribution in [0.2, 0.25) is 0 Å². The molecule has 1 fully saturated rings. The van der Waals surface area contributed by atoms with E-state index in [1.807, 2.05) is 0 Å². The molecule has 0 saturated heterocycles. The van der Waals surface area contributed by atoms with E-state index in [1.165, 1.54) is 44.9 Å². The van der Waals surface area contributed by atoms with E-state index in [4.69, 9.17) is 4.74 Å². The van der Waals surface area contributed by atoms with Crippen molar-refractivity contribution in [2.45, 2.75) is 77.9 Å². The predicted molar refractivity (Wildman–Crippen MR) is 74.4 cm³/mol. The third-order valence-corrected chi connectivity index (χ3v) is 3.71. The van der Waals surface area contributed by atoms with Gasteiger partial charge in [0.05, 0.1) is 6.10 Å². The van der Waals surface area contributed by atoms with Crippen molar-refractivity contribution in [3.63, 3.8) is 0 Å². The van der Waals surface area contributed by atoms with Gasteiger partial charge in [0, 0.05) is 12.6 Å². The number of hydrogen-bond donors (Lipinski definition) is 1. The average molecular weight is 241 g/mol. The maximum atomic E-state index is 6.07. The van der Waals surface area contributed by atoms with Gasteiger partial charge in [-0.1, -0.05) is 27.2 Å². The van der Waals surface area contributed by atoms with Crippen LogP contribution in [0.3, 0.4) is 0 Å². The van der Waals surface area contributed by atoms with E-state index < -0.39 is 0 Å². The van der Waals surface area contributed by atoms with Crippen LogP contribution in [0.5, 0.6) is 0 Å². The summed E-state index contributed by atoms with van der Waals surface area (Å²) in [6.07, 6.45) is 9.47. The second kappa shape index (κ2) is 8.93. The quantitative estimate of drug-likeness (QED) is 0.699. The fraction of sp³-hybridized carbons (Fsp3) is 1.00. The van der Waals surface area contributed by atoms with E-state index in [-0.39, 0.29) is 0 Å². The molecule has 1 aliphatic rings. The van der Waals surface area contributed by atoms with Crippen molar-refractivity contribution in [1.29, 1.82) is 0 Å². The normalized spacial score (nSPS) is 27.0. The van der Waals surface area contributed by atoms with E-state index in [1.54, 1.807) is 0 Å². The van der Waals surface area contributed by atoms with Crippen molar-refractivity contribution in [3.05, 3.63) is 0 Å². The maximum absolute atomic E-state index is 6.07. The van der Waals surface area contributed by atoms with E-state index in [0.717, 1.165) is 19.1 Å². The van der Waals surface area contributed by atoms with Gasteiger partial charge in [0.25, 0.3) is 0 Å². The zero-order valence-electron chi connectivity index (χ0n) is 12.0. The Kier molecular flexibility index (Phi) is 7.87. The predicted octanol–water partition coefficient (Wildman–Crippen LogP) is 3.75.